The number of fused-ring (bicyclic) bond motifs is 3. The summed E-state index contributed by atoms with van der Waals surface area (Å²) in [7, 11) is 0. The molecule has 154 valence electrons. The summed E-state index contributed by atoms with van der Waals surface area (Å²) in [6.07, 6.45) is 2.19. The van der Waals surface area contributed by atoms with Crippen molar-refractivity contribution in [2.75, 3.05) is 5.32 Å². The number of nitrogens with one attached hydrogen (secondary N) is 1. The average molecular weight is 491 g/mol. The van der Waals surface area contributed by atoms with E-state index in [0.29, 0.717) is 31.3 Å². The Morgan fingerprint density at radius 3 is 2.80 bits per heavy atom. The first kappa shape index (κ1) is 20.4. The van der Waals surface area contributed by atoms with Gasteiger partial charge in [-0.3, -0.25) is 18.7 Å². The molecule has 3 aromatic heterocycles. The predicted molar refractivity (Wildman–Crippen MR) is 119 cm³/mol. The fourth-order valence-electron chi connectivity index (χ4n) is 3.28. The molecule has 0 fully saturated rings. The fourth-order valence-corrected chi connectivity index (χ4v) is 4.70. The van der Waals surface area contributed by atoms with E-state index in [4.69, 9.17) is 0 Å². The van der Waals surface area contributed by atoms with Gasteiger partial charge in [0.05, 0.1) is 11.2 Å². The van der Waals surface area contributed by atoms with Gasteiger partial charge >= 0.3 is 5.69 Å². The molecule has 3 heterocycles. The first-order chi connectivity index (χ1) is 14.4. The zero-order valence-corrected chi connectivity index (χ0v) is 18.2. The van der Waals surface area contributed by atoms with Crippen molar-refractivity contribution in [1.29, 1.82) is 0 Å². The number of carbonyl (C=O) groups is 1. The highest BCUT2D eigenvalue weighted by Crippen LogP contribution is 2.29. The lowest BCUT2D eigenvalue weighted by Gasteiger charge is -2.12. The Labute approximate surface area is 181 Å². The highest BCUT2D eigenvalue weighted by atomic mass is 79.9. The molecule has 1 aromatic carbocycles. The second kappa shape index (κ2) is 8.11. The Bertz CT molecular complexity index is 1410. The van der Waals surface area contributed by atoms with Crippen molar-refractivity contribution in [3.63, 3.8) is 0 Å². The molecule has 0 aliphatic rings. The van der Waals surface area contributed by atoms with Crippen LogP contribution in [0.15, 0.2) is 50.6 Å². The maximum Gasteiger partial charge on any atom is 0.332 e. The number of benzene rings is 1. The van der Waals surface area contributed by atoms with Crippen LogP contribution in [-0.4, -0.2) is 20.0 Å². The van der Waals surface area contributed by atoms with Gasteiger partial charge in [0.15, 0.2) is 0 Å². The maximum absolute atomic E-state index is 14.1. The molecule has 0 saturated heterocycles. The van der Waals surface area contributed by atoms with Gasteiger partial charge in [-0.15, -0.1) is 11.3 Å². The predicted octanol–water partition coefficient (Wildman–Crippen LogP) is 3.72. The lowest BCUT2D eigenvalue weighted by atomic mass is 10.3. The van der Waals surface area contributed by atoms with Gasteiger partial charge in [-0.05, 0) is 36.8 Å². The Balaban J connectivity index is 1.85. The number of carbonyl (C=O) groups excluding carboxylic acids is 1. The van der Waals surface area contributed by atoms with Crippen LogP contribution >= 0.6 is 27.3 Å². The third-order valence-electron chi connectivity index (χ3n) is 4.57. The van der Waals surface area contributed by atoms with Crippen LogP contribution < -0.4 is 16.6 Å². The largest absolute Gasteiger partial charge is 0.332 e. The van der Waals surface area contributed by atoms with Crippen molar-refractivity contribution in [2.24, 2.45) is 0 Å². The van der Waals surface area contributed by atoms with Gasteiger partial charge < -0.3 is 5.32 Å². The molecule has 4 aromatic rings. The zero-order valence-electron chi connectivity index (χ0n) is 15.8. The first-order valence-electron chi connectivity index (χ1n) is 9.16. The average Bonchev–Trinajstić information content (AvgIpc) is 3.10. The lowest BCUT2D eigenvalue weighted by molar-refractivity contribution is -0.116. The highest BCUT2D eigenvalue weighted by molar-refractivity contribution is 9.10. The molecule has 0 saturated carbocycles. The van der Waals surface area contributed by atoms with Gasteiger partial charge in [0.2, 0.25) is 5.91 Å². The number of thiophene rings is 1. The van der Waals surface area contributed by atoms with Crippen molar-refractivity contribution in [2.45, 2.75) is 26.4 Å². The van der Waals surface area contributed by atoms with Gasteiger partial charge in [0, 0.05) is 22.6 Å². The Morgan fingerprint density at radius 1 is 1.27 bits per heavy atom. The van der Waals surface area contributed by atoms with Gasteiger partial charge in [-0.1, -0.05) is 22.9 Å². The summed E-state index contributed by atoms with van der Waals surface area (Å²) in [6.45, 7) is 1.73. The minimum absolute atomic E-state index is 0.00576. The second-order valence-electron chi connectivity index (χ2n) is 6.63. The molecule has 7 nitrogen and oxygen atoms in total. The smallest absolute Gasteiger partial charge is 0.322 e. The molecule has 0 spiro atoms. The number of anilines is 1. The van der Waals surface area contributed by atoms with E-state index in [2.05, 4.69) is 26.2 Å². The van der Waals surface area contributed by atoms with E-state index in [9.17, 15) is 18.8 Å². The number of hydrogen-bond acceptors (Lipinski definition) is 5. The van der Waals surface area contributed by atoms with E-state index < -0.39 is 23.0 Å². The van der Waals surface area contributed by atoms with Crippen LogP contribution in [0.1, 0.15) is 13.3 Å². The van der Waals surface area contributed by atoms with Crippen molar-refractivity contribution in [3.05, 3.63) is 67.7 Å². The molecule has 0 bridgehead atoms. The molecule has 0 atom stereocenters. The number of hydrogen-bond donors (Lipinski definition) is 1. The van der Waals surface area contributed by atoms with Crippen molar-refractivity contribution in [3.8, 4) is 0 Å². The molecule has 0 radical (unpaired) electrons. The Morgan fingerprint density at radius 2 is 2.07 bits per heavy atom. The van der Waals surface area contributed by atoms with E-state index in [0.717, 1.165) is 4.57 Å². The number of aromatic nitrogens is 3. The molecular formula is C20H16BrFN4O3S. The van der Waals surface area contributed by atoms with E-state index in [1.807, 2.05) is 6.92 Å². The van der Waals surface area contributed by atoms with Crippen LogP contribution in [0.2, 0.25) is 0 Å². The SMILES string of the molecule is CCCn1c(=O)c2sc3ncccc3c2n(CC(=O)Nc2ccc(Br)cc2F)c1=O. The minimum Gasteiger partial charge on any atom is -0.322 e. The summed E-state index contributed by atoms with van der Waals surface area (Å²) in [4.78, 5) is 43.5. The molecule has 4 rings (SSSR count). The molecular weight excluding hydrogens is 475 g/mol. The number of amides is 1. The van der Waals surface area contributed by atoms with E-state index >= 15 is 0 Å². The van der Waals surface area contributed by atoms with Crippen molar-refractivity contribution >= 4 is 59.3 Å². The molecule has 1 N–H and O–H groups in total. The van der Waals surface area contributed by atoms with E-state index in [1.165, 1.54) is 28.0 Å². The van der Waals surface area contributed by atoms with Crippen LogP contribution in [0.4, 0.5) is 10.1 Å². The van der Waals surface area contributed by atoms with Crippen LogP contribution in [-0.2, 0) is 17.9 Å². The van der Waals surface area contributed by atoms with Crippen LogP contribution in [0, 0.1) is 5.82 Å². The maximum atomic E-state index is 14.1. The number of nitrogens with zero attached hydrogens (tertiary/aromatic N) is 3. The van der Waals surface area contributed by atoms with E-state index in [-0.39, 0.29) is 18.8 Å². The number of pyridine rings is 1. The summed E-state index contributed by atoms with van der Waals surface area (Å²) in [5.41, 5.74) is -0.595. The third kappa shape index (κ3) is 3.56. The third-order valence-corrected chi connectivity index (χ3v) is 6.15. The quantitative estimate of drug-likeness (QED) is 0.461. The number of rotatable bonds is 5. The van der Waals surface area contributed by atoms with Crippen LogP contribution in [0.25, 0.3) is 20.4 Å². The van der Waals surface area contributed by atoms with Crippen LogP contribution in [0.3, 0.4) is 0 Å². The monoisotopic (exact) mass is 490 g/mol. The summed E-state index contributed by atoms with van der Waals surface area (Å²) >= 11 is 4.35. The lowest BCUT2D eigenvalue weighted by Crippen LogP contribution is -2.41. The first-order valence-corrected chi connectivity index (χ1v) is 10.8. The van der Waals surface area contributed by atoms with Gasteiger partial charge in [-0.2, -0.15) is 0 Å². The molecule has 10 heteroatoms. The Kier molecular flexibility index (Phi) is 5.52. The fraction of sp³-hybridized carbons (Fsp3) is 0.200. The molecule has 30 heavy (non-hydrogen) atoms. The molecule has 1 amide bonds. The minimum atomic E-state index is -0.601. The van der Waals surface area contributed by atoms with Crippen molar-refractivity contribution < 1.29 is 9.18 Å². The standard InChI is InChI=1S/C20H16BrFN4O3S/c1-2-8-25-19(28)17-16(12-4-3-7-23-18(12)30-17)26(20(25)29)10-15(27)24-14-6-5-11(21)9-13(14)22/h3-7,9H,2,8,10H2,1H3,(H,24,27). The summed E-state index contributed by atoms with van der Waals surface area (Å²) in [6, 6.07) is 7.73. The van der Waals surface area contributed by atoms with Gasteiger partial charge in [0.1, 0.15) is 21.9 Å². The number of halogens is 2. The topological polar surface area (TPSA) is 86.0 Å². The molecule has 0 aliphatic heterocycles. The Hall–Kier alpha value is -2.85. The second-order valence-corrected chi connectivity index (χ2v) is 8.55. The van der Waals surface area contributed by atoms with Crippen LogP contribution in [0.5, 0.6) is 0 Å². The van der Waals surface area contributed by atoms with E-state index in [1.54, 1.807) is 24.4 Å². The summed E-state index contributed by atoms with van der Waals surface area (Å²) in [5.74, 6) is -1.18. The molecule has 0 unspecified atom stereocenters. The molecule has 0 aliphatic carbocycles. The highest BCUT2D eigenvalue weighted by Gasteiger charge is 2.20. The summed E-state index contributed by atoms with van der Waals surface area (Å²) < 4.78 is 17.4. The van der Waals surface area contributed by atoms with Gasteiger partial charge in [0.25, 0.3) is 5.56 Å². The summed E-state index contributed by atoms with van der Waals surface area (Å²) in [5, 5.41) is 3.11. The van der Waals surface area contributed by atoms with Crippen molar-refractivity contribution in [1.82, 2.24) is 14.1 Å². The normalized spacial score (nSPS) is 11.3. The van der Waals surface area contributed by atoms with Gasteiger partial charge in [-0.25, -0.2) is 14.2 Å². The zero-order chi connectivity index (χ0) is 21.4.